The molecule has 1 aromatic carbocycles. The Balaban J connectivity index is 3.73. The van der Waals surface area contributed by atoms with Crippen LogP contribution in [0.15, 0.2) is 35.9 Å². The normalized spacial score (nSPS) is 17.1. The van der Waals surface area contributed by atoms with Crippen molar-refractivity contribution in [2.24, 2.45) is 0 Å². The first-order valence-corrected chi connectivity index (χ1v) is 3.88. The summed E-state index contributed by atoms with van der Waals surface area (Å²) in [6.45, 7) is 1.03. The highest BCUT2D eigenvalue weighted by Gasteiger charge is 2.08. The smallest absolute Gasteiger partial charge is 0.352 e. The number of carboxylic acid groups (broad SMARTS) is 1. The maximum atomic E-state index is 11.1. The number of hydrogen-bond acceptors (Lipinski definition) is 2. The fraction of sp³-hybridized carbons (Fsp3) is 0.0909. The number of carbonyl (C=O) groups is 2. The Morgan fingerprint density at radius 3 is 2.53 bits per heavy atom. The first-order valence-electron chi connectivity index (χ1n) is 6.88. The number of hydrogen-bond donors (Lipinski definition) is 2. The molecule has 0 fully saturated rings. The number of carbonyl (C=O) groups excluding carboxylic acids is 1. The Labute approximate surface area is 95.7 Å². The van der Waals surface area contributed by atoms with Crippen molar-refractivity contribution in [1.29, 1.82) is 0 Å². The lowest BCUT2D eigenvalue weighted by molar-refractivity contribution is -0.134. The van der Waals surface area contributed by atoms with Crippen molar-refractivity contribution in [2.45, 2.75) is 6.92 Å². The van der Waals surface area contributed by atoms with E-state index >= 15 is 0 Å². The second-order valence-corrected chi connectivity index (χ2v) is 2.49. The van der Waals surface area contributed by atoms with E-state index < -0.39 is 59.4 Å². The Morgan fingerprint density at radius 2 is 2.07 bits per heavy atom. The van der Waals surface area contributed by atoms with E-state index in [1.165, 1.54) is 0 Å². The van der Waals surface area contributed by atoms with Crippen LogP contribution < -0.4 is 5.32 Å². The Kier molecular flexibility index (Phi) is 1.69. The van der Waals surface area contributed by atoms with E-state index in [-0.39, 0.29) is 0 Å². The number of benzene rings is 1. The van der Waals surface area contributed by atoms with Crippen molar-refractivity contribution in [3.05, 3.63) is 41.5 Å². The molecule has 78 valence electrons. The van der Waals surface area contributed by atoms with Crippen LogP contribution in [0.1, 0.15) is 20.7 Å². The van der Waals surface area contributed by atoms with Crippen LogP contribution >= 0.6 is 0 Å². The number of rotatable bonds is 3. The van der Waals surface area contributed by atoms with Gasteiger partial charge in [0, 0.05) is 6.92 Å². The maximum absolute atomic E-state index is 11.1. The van der Waals surface area contributed by atoms with Gasteiger partial charge in [0.05, 0.1) is 8.22 Å². The van der Waals surface area contributed by atoms with E-state index in [9.17, 15) is 9.59 Å². The topological polar surface area (TPSA) is 66.4 Å². The van der Waals surface area contributed by atoms with Gasteiger partial charge in [0.15, 0.2) is 0 Å². The molecule has 1 aromatic rings. The summed E-state index contributed by atoms with van der Waals surface area (Å²) >= 11 is 0. The van der Waals surface area contributed by atoms with Crippen LogP contribution in [-0.2, 0) is 9.59 Å². The first kappa shape index (κ1) is 5.11. The van der Waals surface area contributed by atoms with Crippen LogP contribution in [0, 0.1) is 0 Å². The highest BCUT2D eigenvalue weighted by Crippen LogP contribution is 2.04. The summed E-state index contributed by atoms with van der Waals surface area (Å²) in [5.41, 5.74) is -1.45. The van der Waals surface area contributed by atoms with Gasteiger partial charge in [-0.15, -0.1) is 0 Å². The summed E-state index contributed by atoms with van der Waals surface area (Å²) < 4.78 is 45.4. The zero-order chi connectivity index (χ0) is 16.5. The molecule has 0 saturated heterocycles. The molecule has 0 aliphatic carbocycles. The van der Waals surface area contributed by atoms with E-state index in [1.54, 1.807) is 0 Å². The molecule has 1 amide bonds. The Bertz CT molecular complexity index is 641. The second-order valence-electron chi connectivity index (χ2n) is 2.49. The third-order valence-corrected chi connectivity index (χ3v) is 1.26. The first-order chi connectivity index (χ1) is 9.59. The minimum Gasteiger partial charge on any atom is -0.477 e. The molecular formula is C11H11NO3. The van der Waals surface area contributed by atoms with Crippen LogP contribution in [0.3, 0.4) is 0 Å². The molecule has 0 bridgehead atoms. The molecule has 0 aliphatic heterocycles. The van der Waals surface area contributed by atoms with Gasteiger partial charge in [-0.25, -0.2) is 4.79 Å². The van der Waals surface area contributed by atoms with Gasteiger partial charge in [-0.05, 0) is 11.6 Å². The van der Waals surface area contributed by atoms with Crippen molar-refractivity contribution in [3.8, 4) is 0 Å². The summed E-state index contributed by atoms with van der Waals surface area (Å²) in [4.78, 5) is 22.0. The monoisotopic (exact) mass is 211 g/mol. The third-order valence-electron chi connectivity index (χ3n) is 1.26. The lowest BCUT2D eigenvalue weighted by atomic mass is 10.2. The SMILES string of the molecule is [2H]/C(=C(\NC(C)=O)C(=O)O)c1c([2H])c([2H])c([2H])c([2H])c1[2H]. The Hall–Kier alpha value is -2.10. The molecule has 0 spiro atoms. The predicted octanol–water partition coefficient (Wildman–Crippen LogP) is 1.25. The molecule has 4 heteroatoms. The molecule has 2 N–H and O–H groups in total. The molecule has 0 heterocycles. The van der Waals surface area contributed by atoms with Gasteiger partial charge in [-0.3, -0.25) is 4.79 Å². The van der Waals surface area contributed by atoms with Crippen molar-refractivity contribution in [3.63, 3.8) is 0 Å². The van der Waals surface area contributed by atoms with Gasteiger partial charge in [0.25, 0.3) is 0 Å². The van der Waals surface area contributed by atoms with Crippen LogP contribution in [0.25, 0.3) is 6.05 Å². The van der Waals surface area contributed by atoms with Crippen LogP contribution in [0.5, 0.6) is 0 Å². The summed E-state index contributed by atoms with van der Waals surface area (Å²) in [6.07, 6.45) is 0. The molecule has 0 saturated carbocycles. The maximum Gasteiger partial charge on any atom is 0.352 e. The average Bonchev–Trinajstić information content (AvgIpc) is 2.39. The van der Waals surface area contributed by atoms with E-state index in [2.05, 4.69) is 0 Å². The van der Waals surface area contributed by atoms with Crippen molar-refractivity contribution in [2.75, 3.05) is 0 Å². The second kappa shape index (κ2) is 4.95. The van der Waals surface area contributed by atoms with E-state index in [0.717, 1.165) is 6.92 Å². The third kappa shape index (κ3) is 3.64. The molecule has 0 aromatic heterocycles. The highest BCUT2D eigenvalue weighted by molar-refractivity contribution is 5.96. The van der Waals surface area contributed by atoms with Gasteiger partial charge in [0.1, 0.15) is 5.70 Å². The number of amides is 1. The quantitative estimate of drug-likeness (QED) is 0.739. The van der Waals surface area contributed by atoms with E-state index in [0.29, 0.717) is 0 Å². The van der Waals surface area contributed by atoms with Crippen LogP contribution in [0.4, 0.5) is 0 Å². The van der Waals surface area contributed by atoms with Gasteiger partial charge >= 0.3 is 5.97 Å². The fourth-order valence-corrected chi connectivity index (χ4v) is 0.752. The molecule has 0 atom stereocenters. The zero-order valence-electron chi connectivity index (χ0n) is 13.8. The van der Waals surface area contributed by atoms with Crippen molar-refractivity contribution < 1.29 is 22.9 Å². The largest absolute Gasteiger partial charge is 0.477 e. The number of nitrogens with one attached hydrogen (secondary N) is 1. The molecule has 4 nitrogen and oxygen atoms in total. The van der Waals surface area contributed by atoms with E-state index in [1.807, 2.05) is 5.32 Å². The molecule has 0 unspecified atom stereocenters. The van der Waals surface area contributed by atoms with Gasteiger partial charge < -0.3 is 10.4 Å². The molecule has 0 radical (unpaired) electrons. The summed E-state index contributed by atoms with van der Waals surface area (Å²) in [5.74, 6) is -2.41. The van der Waals surface area contributed by atoms with Crippen LogP contribution in [0.2, 0.25) is 0 Å². The minimum absolute atomic E-state index is 0.591. The van der Waals surface area contributed by atoms with Crippen molar-refractivity contribution in [1.82, 2.24) is 5.32 Å². The molecule has 0 aliphatic rings. The van der Waals surface area contributed by atoms with Gasteiger partial charge in [-0.1, -0.05) is 30.2 Å². The number of aliphatic carboxylic acids is 1. The van der Waals surface area contributed by atoms with Gasteiger partial charge in [-0.2, -0.15) is 0 Å². The molecule has 15 heavy (non-hydrogen) atoms. The Morgan fingerprint density at radius 1 is 1.47 bits per heavy atom. The lowest BCUT2D eigenvalue weighted by Gasteiger charge is -2.02. The van der Waals surface area contributed by atoms with E-state index in [4.69, 9.17) is 13.3 Å². The molecule has 1 rings (SSSR count). The predicted molar refractivity (Wildman–Crippen MR) is 55.9 cm³/mol. The summed E-state index contributed by atoms with van der Waals surface area (Å²) in [5, 5.41) is 10.9. The fourth-order valence-electron chi connectivity index (χ4n) is 0.752. The molecular weight excluding hydrogens is 194 g/mol. The summed E-state index contributed by atoms with van der Waals surface area (Å²) in [7, 11) is 0. The minimum atomic E-state index is -1.65. The van der Waals surface area contributed by atoms with Gasteiger partial charge in [0.2, 0.25) is 5.91 Å². The zero-order valence-corrected chi connectivity index (χ0v) is 7.76. The lowest BCUT2D eigenvalue weighted by Crippen LogP contribution is -2.24. The van der Waals surface area contributed by atoms with Crippen LogP contribution in [-0.4, -0.2) is 17.0 Å². The average molecular weight is 211 g/mol. The summed E-state index contributed by atoms with van der Waals surface area (Å²) in [6, 6.07) is -4.33. The van der Waals surface area contributed by atoms with Crippen molar-refractivity contribution >= 4 is 17.9 Å². The number of carboxylic acids is 1. The highest BCUT2D eigenvalue weighted by atomic mass is 16.4. The standard InChI is InChI=1S/C11H11NO3/c1-8(13)12-10(11(14)15)7-9-5-3-2-4-6-9/h2-7H,1H3,(H,12,13)(H,14,15)/b10-7+/i2D,3D,4D,5D,6D,7D.